The largest absolute Gasteiger partial charge is 0.790 e. The number of hydrogen-bond acceptors (Lipinski definition) is 9. The summed E-state index contributed by atoms with van der Waals surface area (Å²) >= 11 is 1.78. The Morgan fingerprint density at radius 1 is 1.00 bits per heavy atom. The van der Waals surface area contributed by atoms with Crippen LogP contribution in [0, 0.1) is 5.92 Å². The fourth-order valence-corrected chi connectivity index (χ4v) is 6.69. The van der Waals surface area contributed by atoms with Crippen molar-refractivity contribution in [3.05, 3.63) is 70.3 Å². The Bertz CT molecular complexity index is 1560. The molecule has 1 atom stereocenters. The van der Waals surface area contributed by atoms with Gasteiger partial charge in [0.25, 0.3) is 5.56 Å². The fraction of sp³-hybridized carbons (Fsp3) is 0.414. The second-order valence-corrected chi connectivity index (χ2v) is 12.5. The van der Waals surface area contributed by atoms with Gasteiger partial charge in [-0.15, -0.1) is 11.3 Å². The van der Waals surface area contributed by atoms with Crippen LogP contribution in [0.25, 0.3) is 21.0 Å². The van der Waals surface area contributed by atoms with Gasteiger partial charge in [0.15, 0.2) is 0 Å². The lowest BCUT2D eigenvalue weighted by Crippen LogP contribution is -2.46. The molecular weight excluding hydrogens is 549 g/mol. The van der Waals surface area contributed by atoms with Gasteiger partial charge in [-0.05, 0) is 72.5 Å². The smallest absolute Gasteiger partial charge is 0.253 e. The highest BCUT2D eigenvalue weighted by Crippen LogP contribution is 2.37. The molecule has 0 saturated carbocycles. The first kappa shape index (κ1) is 28.8. The predicted molar refractivity (Wildman–Crippen MR) is 156 cm³/mol. The van der Waals surface area contributed by atoms with Gasteiger partial charge in [0.2, 0.25) is 0 Å². The number of rotatable bonds is 11. The average molecular weight is 584 g/mol. The summed E-state index contributed by atoms with van der Waals surface area (Å²) in [6.45, 7) is 8.99. The zero-order valence-electron chi connectivity index (χ0n) is 22.7. The van der Waals surface area contributed by atoms with Gasteiger partial charge in [-0.25, -0.2) is 0 Å². The molecule has 0 aliphatic carbocycles. The van der Waals surface area contributed by atoms with Crippen LogP contribution >= 0.6 is 19.2 Å². The summed E-state index contributed by atoms with van der Waals surface area (Å²) in [6.07, 6.45) is 0.636. The lowest BCUT2D eigenvalue weighted by molar-refractivity contribution is -0.348. The number of phosphoric ester groups is 1. The normalized spacial score (nSPS) is 15.8. The third kappa shape index (κ3) is 6.77. The molecule has 40 heavy (non-hydrogen) atoms. The van der Waals surface area contributed by atoms with E-state index in [2.05, 4.69) is 39.4 Å². The molecule has 3 heterocycles. The van der Waals surface area contributed by atoms with E-state index in [1.54, 1.807) is 37.3 Å². The molecule has 0 N–H and O–H groups in total. The Hall–Kier alpha value is -2.72. The molecule has 11 heteroatoms. The molecule has 2 aromatic heterocycles. The zero-order valence-corrected chi connectivity index (χ0v) is 24.4. The van der Waals surface area contributed by atoms with E-state index in [4.69, 9.17) is 9.26 Å². The summed E-state index contributed by atoms with van der Waals surface area (Å²) in [6, 6.07) is 17.1. The van der Waals surface area contributed by atoms with Gasteiger partial charge in [-0.1, -0.05) is 19.9 Å². The van der Waals surface area contributed by atoms with Crippen molar-refractivity contribution in [2.75, 3.05) is 44.2 Å². The van der Waals surface area contributed by atoms with E-state index in [1.807, 2.05) is 12.1 Å². The second-order valence-electron chi connectivity index (χ2n) is 10.4. The quantitative estimate of drug-likeness (QED) is 0.191. The van der Waals surface area contributed by atoms with Crippen molar-refractivity contribution in [1.82, 2.24) is 9.47 Å². The minimum absolute atomic E-state index is 0.435. The third-order valence-corrected chi connectivity index (χ3v) is 8.65. The first-order valence-corrected chi connectivity index (χ1v) is 16.0. The number of unbranched alkanes of at least 4 members (excludes halogenated alkanes) is 1. The number of pyridine rings is 1. The van der Waals surface area contributed by atoms with E-state index in [1.165, 1.54) is 26.4 Å². The Balaban J connectivity index is 1.14. The summed E-state index contributed by atoms with van der Waals surface area (Å²) in [5.41, 5.74) is 1.33. The molecule has 5 rings (SSSR count). The molecule has 0 spiro atoms. The molecule has 0 amide bonds. The van der Waals surface area contributed by atoms with Crippen LogP contribution in [0.15, 0.2) is 64.8 Å². The number of anilines is 1. The average Bonchev–Trinajstić information content (AvgIpc) is 3.41. The SMILES string of the molecule is CC(C)C(OP(=O)([O-])[O-])n1c(=O)ccc2ccc(OCCCCN3CCN(c4cccc5sccc45)CC3)cc21. The molecule has 1 saturated heterocycles. The van der Waals surface area contributed by atoms with Crippen LogP contribution in [-0.4, -0.2) is 48.8 Å². The summed E-state index contributed by atoms with van der Waals surface area (Å²) in [5, 5.41) is 4.20. The van der Waals surface area contributed by atoms with Crippen LogP contribution in [0.4, 0.5) is 5.69 Å². The van der Waals surface area contributed by atoms with E-state index in [9.17, 15) is 19.1 Å². The number of piperazine rings is 1. The summed E-state index contributed by atoms with van der Waals surface area (Å²) in [4.78, 5) is 40.4. The monoisotopic (exact) mass is 583 g/mol. The van der Waals surface area contributed by atoms with Crippen LogP contribution in [0.5, 0.6) is 5.75 Å². The van der Waals surface area contributed by atoms with Crippen molar-refractivity contribution < 1.29 is 23.6 Å². The minimum atomic E-state index is -5.31. The number of fused-ring (bicyclic) bond motifs is 2. The number of benzene rings is 2. The van der Waals surface area contributed by atoms with E-state index < -0.39 is 25.5 Å². The molecule has 0 bridgehead atoms. The van der Waals surface area contributed by atoms with Gasteiger partial charge < -0.3 is 28.5 Å². The Morgan fingerprint density at radius 2 is 1.77 bits per heavy atom. The van der Waals surface area contributed by atoms with Gasteiger partial charge in [-0.3, -0.25) is 14.3 Å². The lowest BCUT2D eigenvalue weighted by atomic mass is 10.1. The topological polar surface area (TPSA) is 110 Å². The van der Waals surface area contributed by atoms with Crippen molar-refractivity contribution in [3.8, 4) is 5.75 Å². The Morgan fingerprint density at radius 3 is 2.52 bits per heavy atom. The molecule has 9 nitrogen and oxygen atoms in total. The van der Waals surface area contributed by atoms with Crippen LogP contribution in [0.3, 0.4) is 0 Å². The maximum absolute atomic E-state index is 12.7. The summed E-state index contributed by atoms with van der Waals surface area (Å²) in [5.74, 6) is 0.133. The van der Waals surface area contributed by atoms with Crippen molar-refractivity contribution >= 4 is 45.8 Å². The van der Waals surface area contributed by atoms with E-state index in [-0.39, 0.29) is 0 Å². The maximum atomic E-state index is 12.7. The molecule has 1 unspecified atom stereocenters. The Labute approximate surface area is 237 Å². The summed E-state index contributed by atoms with van der Waals surface area (Å²) in [7, 11) is -5.31. The van der Waals surface area contributed by atoms with Crippen LogP contribution in [0.2, 0.25) is 0 Å². The van der Waals surface area contributed by atoms with Gasteiger partial charge in [-0.2, -0.15) is 0 Å². The molecular formula is C29H34N3O6PS-2. The van der Waals surface area contributed by atoms with Crippen LogP contribution < -0.4 is 25.0 Å². The van der Waals surface area contributed by atoms with Gasteiger partial charge in [0, 0.05) is 54.1 Å². The number of phosphoric acid groups is 1. The van der Waals surface area contributed by atoms with Crippen LogP contribution in [-0.2, 0) is 9.09 Å². The van der Waals surface area contributed by atoms with Crippen molar-refractivity contribution in [2.45, 2.75) is 32.9 Å². The number of ether oxygens (including phenoxy) is 1. The maximum Gasteiger partial charge on any atom is 0.253 e. The lowest BCUT2D eigenvalue weighted by Gasteiger charge is -2.36. The molecule has 214 valence electrons. The highest BCUT2D eigenvalue weighted by molar-refractivity contribution is 7.43. The van der Waals surface area contributed by atoms with Crippen molar-refractivity contribution in [1.29, 1.82) is 0 Å². The zero-order chi connectivity index (χ0) is 28.3. The minimum Gasteiger partial charge on any atom is -0.790 e. The highest BCUT2D eigenvalue weighted by Gasteiger charge is 2.22. The summed E-state index contributed by atoms with van der Waals surface area (Å²) < 4.78 is 24.7. The van der Waals surface area contributed by atoms with Gasteiger partial charge >= 0.3 is 0 Å². The highest BCUT2D eigenvalue weighted by atomic mass is 32.1. The van der Waals surface area contributed by atoms with Crippen molar-refractivity contribution in [2.24, 2.45) is 5.92 Å². The first-order chi connectivity index (χ1) is 19.2. The number of hydrogen-bond donors (Lipinski definition) is 0. The molecule has 2 aromatic carbocycles. The van der Waals surface area contributed by atoms with Gasteiger partial charge in [0.1, 0.15) is 12.0 Å². The van der Waals surface area contributed by atoms with Gasteiger partial charge in [0.05, 0.1) is 19.9 Å². The number of thiophene rings is 1. The van der Waals surface area contributed by atoms with Crippen molar-refractivity contribution in [3.63, 3.8) is 0 Å². The van der Waals surface area contributed by atoms with E-state index in [0.717, 1.165) is 45.6 Å². The predicted octanol–water partition coefficient (Wildman–Crippen LogP) is 4.20. The second kappa shape index (κ2) is 12.4. The molecule has 4 aromatic rings. The standard InChI is InChI=1S/C29H36N3O6PS/c1-21(2)29(38-39(34,35)36)32-26-20-23(10-8-22(26)9-11-28(32)33)37-18-4-3-13-30-14-16-31(17-15-30)25-6-5-7-27-24(25)12-19-40-27/h5-12,19-21,29H,3-4,13-18H2,1-2H3,(H2,34,35,36)/p-2. The molecule has 1 fully saturated rings. The fourth-order valence-electron chi connectivity index (χ4n) is 5.28. The third-order valence-electron chi connectivity index (χ3n) is 7.29. The van der Waals surface area contributed by atoms with E-state index in [0.29, 0.717) is 23.3 Å². The molecule has 0 radical (unpaired) electrons. The molecule has 1 aliphatic rings. The van der Waals surface area contributed by atoms with E-state index >= 15 is 0 Å². The first-order valence-electron chi connectivity index (χ1n) is 13.6. The van der Waals surface area contributed by atoms with Crippen LogP contribution in [0.1, 0.15) is 32.9 Å². The number of aromatic nitrogens is 1. The molecule has 1 aliphatic heterocycles. The Kier molecular flexibility index (Phi) is 8.95. The number of nitrogens with zero attached hydrogens (tertiary/aromatic N) is 3.